The Morgan fingerprint density at radius 3 is 1.67 bits per heavy atom. The zero-order valence-corrected chi connectivity index (χ0v) is 13.1. The van der Waals surface area contributed by atoms with Crippen molar-refractivity contribution in [2.75, 3.05) is 0 Å². The first-order chi connectivity index (χ1) is 6.38. The van der Waals surface area contributed by atoms with Crippen LogP contribution in [0.15, 0.2) is 4.99 Å². The van der Waals surface area contributed by atoms with E-state index in [1.807, 2.05) is 0 Å². The van der Waals surface area contributed by atoms with Gasteiger partial charge in [-0.2, -0.15) is 0 Å². The molecule has 0 aromatic rings. The predicted molar refractivity (Wildman–Crippen MR) is 74.9 cm³/mol. The summed E-state index contributed by atoms with van der Waals surface area (Å²) in [7, 11) is -1.26. The summed E-state index contributed by atoms with van der Waals surface area (Å²) in [4.78, 5) is 4.65. The van der Waals surface area contributed by atoms with Crippen molar-refractivity contribution < 1.29 is 0 Å². The minimum atomic E-state index is -1.26. The molecule has 0 heterocycles. The molecule has 0 saturated carbocycles. The molecule has 1 nitrogen and oxygen atoms in total. The Balaban J connectivity index is 4.73. The maximum absolute atomic E-state index is 4.65. The lowest BCUT2D eigenvalue weighted by atomic mass is 10.1. The van der Waals surface area contributed by atoms with E-state index in [1.165, 1.54) is 0 Å². The van der Waals surface area contributed by atoms with Crippen LogP contribution < -0.4 is 0 Å². The summed E-state index contributed by atoms with van der Waals surface area (Å²) in [6.45, 7) is 20.8. The normalized spacial score (nSPS) is 17.1. The third-order valence-corrected chi connectivity index (χ3v) is 10.0. The summed E-state index contributed by atoms with van der Waals surface area (Å²) in [5, 5.41) is 0.441. The van der Waals surface area contributed by atoms with Gasteiger partial charge in [0.2, 0.25) is 0 Å². The van der Waals surface area contributed by atoms with Crippen molar-refractivity contribution >= 4 is 14.3 Å². The summed E-state index contributed by atoms with van der Waals surface area (Å²) in [6, 6.07) is 0. The van der Waals surface area contributed by atoms with Gasteiger partial charge in [0, 0.05) is 0 Å². The van der Waals surface area contributed by atoms with E-state index in [-0.39, 0.29) is 5.54 Å². The van der Waals surface area contributed by atoms with Gasteiger partial charge in [-0.25, -0.2) is 0 Å². The van der Waals surface area contributed by atoms with Gasteiger partial charge in [0.05, 0.1) is 13.6 Å². The SMILES string of the molecule is CC(C=NC(C)(C)C)[Si](C)(C)C(C)(C)C. The summed E-state index contributed by atoms with van der Waals surface area (Å²) < 4.78 is 0. The van der Waals surface area contributed by atoms with Crippen LogP contribution in [-0.2, 0) is 0 Å². The largest absolute Gasteiger partial charge is 0.292 e. The van der Waals surface area contributed by atoms with Gasteiger partial charge in [-0.3, -0.25) is 4.99 Å². The van der Waals surface area contributed by atoms with Gasteiger partial charge < -0.3 is 0 Å². The third-order valence-electron chi connectivity index (χ3n) is 3.76. The molecule has 0 aliphatic rings. The molecule has 0 fully saturated rings. The number of hydrogen-bond acceptors (Lipinski definition) is 1. The molecule has 0 N–H and O–H groups in total. The molecule has 0 aliphatic carbocycles. The van der Waals surface area contributed by atoms with E-state index in [9.17, 15) is 0 Å². The van der Waals surface area contributed by atoms with E-state index in [0.717, 1.165) is 0 Å². The minimum Gasteiger partial charge on any atom is -0.292 e. The topological polar surface area (TPSA) is 12.4 Å². The van der Waals surface area contributed by atoms with Gasteiger partial charge >= 0.3 is 0 Å². The highest BCUT2D eigenvalue weighted by atomic mass is 28.3. The average Bonchev–Trinajstić information content (AvgIpc) is 1.96. The van der Waals surface area contributed by atoms with Gasteiger partial charge in [0.1, 0.15) is 0 Å². The van der Waals surface area contributed by atoms with Gasteiger partial charge in [0.25, 0.3) is 0 Å². The summed E-state index contributed by atoms with van der Waals surface area (Å²) >= 11 is 0. The monoisotopic (exact) mass is 227 g/mol. The van der Waals surface area contributed by atoms with E-state index < -0.39 is 8.07 Å². The Kier molecular flexibility index (Phi) is 4.37. The Morgan fingerprint density at radius 2 is 1.40 bits per heavy atom. The molecule has 0 bridgehead atoms. The fourth-order valence-corrected chi connectivity index (χ4v) is 3.02. The van der Waals surface area contributed by atoms with Crippen molar-refractivity contribution in [3.63, 3.8) is 0 Å². The number of hydrogen-bond donors (Lipinski definition) is 0. The zero-order valence-electron chi connectivity index (χ0n) is 12.1. The molecule has 0 aromatic heterocycles. The van der Waals surface area contributed by atoms with Crippen molar-refractivity contribution in [2.24, 2.45) is 4.99 Å². The molecular formula is C13H29NSi. The molecule has 1 atom stereocenters. The lowest BCUT2D eigenvalue weighted by molar-refractivity contribution is 0.584. The van der Waals surface area contributed by atoms with E-state index in [1.54, 1.807) is 0 Å². The quantitative estimate of drug-likeness (QED) is 0.477. The third kappa shape index (κ3) is 4.50. The van der Waals surface area contributed by atoms with Gasteiger partial charge in [-0.15, -0.1) is 0 Å². The van der Waals surface area contributed by atoms with Gasteiger partial charge in [0.15, 0.2) is 0 Å². The maximum Gasteiger partial charge on any atom is 0.0613 e. The first kappa shape index (κ1) is 14.9. The fraction of sp³-hybridized carbons (Fsp3) is 0.923. The second-order valence-electron chi connectivity index (χ2n) is 7.21. The van der Waals surface area contributed by atoms with Crippen LogP contribution in [0, 0.1) is 0 Å². The summed E-state index contributed by atoms with van der Waals surface area (Å²) in [6.07, 6.45) is 2.19. The Morgan fingerprint density at radius 1 is 1.00 bits per heavy atom. The van der Waals surface area contributed by atoms with E-state index >= 15 is 0 Å². The second-order valence-corrected chi connectivity index (χ2v) is 13.1. The molecule has 0 saturated heterocycles. The molecule has 90 valence electrons. The zero-order chi connectivity index (χ0) is 12.5. The molecule has 0 aromatic carbocycles. The van der Waals surface area contributed by atoms with Crippen molar-refractivity contribution in [2.45, 2.75) is 77.7 Å². The van der Waals surface area contributed by atoms with E-state index in [0.29, 0.717) is 10.6 Å². The van der Waals surface area contributed by atoms with E-state index in [2.05, 4.69) is 72.8 Å². The van der Waals surface area contributed by atoms with Crippen molar-refractivity contribution in [3.8, 4) is 0 Å². The molecule has 0 aliphatic heterocycles. The fourth-order valence-electron chi connectivity index (χ4n) is 1.20. The molecule has 0 radical (unpaired) electrons. The van der Waals surface area contributed by atoms with Crippen LogP contribution in [0.2, 0.25) is 23.7 Å². The van der Waals surface area contributed by atoms with Crippen LogP contribution >= 0.6 is 0 Å². The molecule has 2 heteroatoms. The summed E-state index contributed by atoms with van der Waals surface area (Å²) in [5.41, 5.74) is 0.702. The molecule has 15 heavy (non-hydrogen) atoms. The van der Waals surface area contributed by atoms with E-state index in [4.69, 9.17) is 0 Å². The molecular weight excluding hydrogens is 198 g/mol. The molecule has 1 unspecified atom stereocenters. The lowest BCUT2D eigenvalue weighted by Crippen LogP contribution is -2.41. The van der Waals surface area contributed by atoms with Gasteiger partial charge in [-0.1, -0.05) is 40.8 Å². The van der Waals surface area contributed by atoms with Crippen molar-refractivity contribution in [1.82, 2.24) is 0 Å². The number of nitrogens with zero attached hydrogens (tertiary/aromatic N) is 1. The lowest BCUT2D eigenvalue weighted by Gasteiger charge is -2.40. The average molecular weight is 227 g/mol. The van der Waals surface area contributed by atoms with Crippen molar-refractivity contribution in [3.05, 3.63) is 0 Å². The standard InChI is InChI=1S/C13H29NSi/c1-11(10-14-12(2,3)4)15(8,9)13(5,6)7/h10-11H,1-9H3. The van der Waals surface area contributed by atoms with Crippen LogP contribution in [0.3, 0.4) is 0 Å². The molecule has 0 rings (SSSR count). The minimum absolute atomic E-state index is 0.0661. The maximum atomic E-state index is 4.65. The van der Waals surface area contributed by atoms with Crippen LogP contribution in [0.1, 0.15) is 48.5 Å². The highest BCUT2D eigenvalue weighted by Gasteiger charge is 2.39. The Bertz CT molecular complexity index is 228. The van der Waals surface area contributed by atoms with Crippen molar-refractivity contribution in [1.29, 1.82) is 0 Å². The van der Waals surface area contributed by atoms with Crippen LogP contribution in [0.25, 0.3) is 0 Å². The second kappa shape index (κ2) is 4.40. The van der Waals surface area contributed by atoms with Gasteiger partial charge in [-0.05, 0) is 37.6 Å². The Hall–Kier alpha value is -0.113. The number of aliphatic imine (C=N–C) groups is 1. The first-order valence-corrected chi connectivity index (χ1v) is 9.01. The predicted octanol–water partition coefficient (Wildman–Crippen LogP) is 4.75. The summed E-state index contributed by atoms with van der Waals surface area (Å²) in [5.74, 6) is 0. The van der Waals surface area contributed by atoms with Crippen LogP contribution in [-0.4, -0.2) is 19.8 Å². The highest BCUT2D eigenvalue weighted by Crippen LogP contribution is 2.42. The molecule has 0 amide bonds. The highest BCUT2D eigenvalue weighted by molar-refractivity contribution is 6.83. The Labute approximate surface area is 97.4 Å². The first-order valence-electron chi connectivity index (χ1n) is 5.93. The number of rotatable bonds is 2. The molecule has 0 spiro atoms. The van der Waals surface area contributed by atoms with Crippen LogP contribution in [0.4, 0.5) is 0 Å². The smallest absolute Gasteiger partial charge is 0.0613 e. The van der Waals surface area contributed by atoms with Crippen LogP contribution in [0.5, 0.6) is 0 Å².